The summed E-state index contributed by atoms with van der Waals surface area (Å²) in [6, 6.07) is -0.595. The molecule has 6 nitrogen and oxygen atoms in total. The number of aliphatic hydroxyl groups excluding tert-OH is 1. The number of amides is 2. The number of rotatable bonds is 5. The molecule has 0 saturated carbocycles. The Morgan fingerprint density at radius 3 is 2.25 bits per heavy atom. The summed E-state index contributed by atoms with van der Waals surface area (Å²) < 4.78 is 4.95. The summed E-state index contributed by atoms with van der Waals surface area (Å²) in [5, 5.41) is 11.3. The van der Waals surface area contributed by atoms with Gasteiger partial charge >= 0.3 is 29.6 Å². The monoisotopic (exact) mass is 436 g/mol. The maximum absolute atomic E-state index is 11.9. The van der Waals surface area contributed by atoms with Crippen LogP contribution in [0.15, 0.2) is 4.99 Å². The van der Waals surface area contributed by atoms with Gasteiger partial charge in [0.1, 0.15) is 5.41 Å². The number of nitrogens with one attached hydrogen (secondary N) is 1. The fourth-order valence-electron chi connectivity index (χ4n) is 2.43. The number of aliphatic hydroxyl groups is 1. The van der Waals surface area contributed by atoms with Crippen molar-refractivity contribution in [1.29, 1.82) is 0 Å². The SMILES string of the molecule is CCCC(C)C1(CC)C(=O)N=C(O)NC1=O.CCOC(=S)S.[NaH].[Zn]. The third-order valence-electron chi connectivity index (χ3n) is 3.61. The van der Waals surface area contributed by atoms with Crippen molar-refractivity contribution in [3.8, 4) is 0 Å². The summed E-state index contributed by atoms with van der Waals surface area (Å²) in [7, 11) is 0. The number of amidine groups is 1. The Labute approximate surface area is 189 Å². The van der Waals surface area contributed by atoms with E-state index < -0.39 is 23.3 Å². The molecule has 2 N–H and O–H groups in total. The maximum Gasteiger partial charge on any atom is 0 e. The van der Waals surface area contributed by atoms with Crippen LogP contribution in [0.25, 0.3) is 0 Å². The van der Waals surface area contributed by atoms with Crippen molar-refractivity contribution in [2.45, 2.75) is 47.0 Å². The maximum atomic E-state index is 11.9. The quantitative estimate of drug-likeness (QED) is 0.265. The van der Waals surface area contributed by atoms with E-state index in [0.29, 0.717) is 17.4 Å². The molecule has 2 atom stereocenters. The topological polar surface area (TPSA) is 88.0 Å². The molecule has 0 aromatic heterocycles. The largest absolute Gasteiger partial charge is 0 e. The molecule has 0 aliphatic carbocycles. The first-order chi connectivity index (χ1) is 10.3. The van der Waals surface area contributed by atoms with Crippen molar-refractivity contribution < 1.29 is 38.9 Å². The van der Waals surface area contributed by atoms with Crippen molar-refractivity contribution in [3.63, 3.8) is 0 Å². The van der Waals surface area contributed by atoms with Crippen LogP contribution in [0.2, 0.25) is 0 Å². The molecule has 130 valence electrons. The molecule has 1 heterocycles. The van der Waals surface area contributed by atoms with Gasteiger partial charge in [-0.25, -0.2) is 0 Å². The molecule has 2 amide bonds. The summed E-state index contributed by atoms with van der Waals surface area (Å²) in [5.74, 6) is -1.04. The van der Waals surface area contributed by atoms with Crippen molar-refractivity contribution in [2.24, 2.45) is 16.3 Å². The van der Waals surface area contributed by atoms with Gasteiger partial charge in [0, 0.05) is 19.5 Å². The van der Waals surface area contributed by atoms with Crippen LogP contribution in [0.3, 0.4) is 0 Å². The van der Waals surface area contributed by atoms with E-state index in [2.05, 4.69) is 39.9 Å². The second-order valence-electron chi connectivity index (χ2n) is 4.91. The number of carbonyl (C=O) groups is 2. The fraction of sp³-hybridized carbons (Fsp3) is 0.714. The number of hydrogen-bond acceptors (Lipinski definition) is 4. The molecule has 24 heavy (non-hydrogen) atoms. The molecule has 0 saturated heterocycles. The van der Waals surface area contributed by atoms with Gasteiger partial charge in [-0.3, -0.25) is 14.9 Å². The van der Waals surface area contributed by atoms with Crippen molar-refractivity contribution in [3.05, 3.63) is 0 Å². The zero-order valence-corrected chi connectivity index (χ0v) is 18.8. The van der Waals surface area contributed by atoms with Crippen molar-refractivity contribution in [1.82, 2.24) is 5.32 Å². The Kier molecular flexibility index (Phi) is 17.8. The predicted octanol–water partition coefficient (Wildman–Crippen LogP) is 1.98. The minimum atomic E-state index is -1.11. The summed E-state index contributed by atoms with van der Waals surface area (Å²) in [4.78, 5) is 27.2. The minimum absolute atomic E-state index is 0. The van der Waals surface area contributed by atoms with Gasteiger partial charge in [0.05, 0.1) is 6.61 Å². The Bertz CT molecular complexity index is 466. The molecule has 0 radical (unpaired) electrons. The van der Waals surface area contributed by atoms with E-state index >= 15 is 0 Å². The molecular formula is C14H25N2NaO4S2Zn. The Balaban J connectivity index is -0.000000478. The number of hydrogen-bond donors (Lipinski definition) is 3. The second-order valence-corrected chi connectivity index (χ2v) is 5.99. The molecule has 1 rings (SSSR count). The average Bonchev–Trinajstić information content (AvgIpc) is 2.39. The van der Waals surface area contributed by atoms with Gasteiger partial charge in [-0.1, -0.05) is 39.8 Å². The number of aliphatic imine (C=N–C) groups is 1. The van der Waals surface area contributed by atoms with Crippen molar-refractivity contribution >= 4 is 76.6 Å². The zero-order chi connectivity index (χ0) is 17.3. The Morgan fingerprint density at radius 1 is 1.42 bits per heavy atom. The van der Waals surface area contributed by atoms with Crippen LogP contribution in [0.1, 0.15) is 47.0 Å². The van der Waals surface area contributed by atoms with Crippen LogP contribution in [-0.4, -0.2) is 63.5 Å². The van der Waals surface area contributed by atoms with Crippen molar-refractivity contribution in [2.75, 3.05) is 6.61 Å². The first-order valence-electron chi connectivity index (χ1n) is 7.25. The standard InChI is InChI=1S/C11H18N2O3.C3H6OS2.Na.Zn.H/c1-4-6-7(3)11(5-2)8(14)12-10(16)13-9(11)15;1-2-4-3(5)6;;;/h7H,4-6H2,1-3H3,(H2,12,13,14,15,16);2H2,1H3,(H,5,6);;;. The molecule has 0 fully saturated rings. The molecule has 0 spiro atoms. The molecule has 10 heteroatoms. The number of carbonyl (C=O) groups excluding carboxylic acids is 2. The summed E-state index contributed by atoms with van der Waals surface area (Å²) in [6.45, 7) is 8.15. The van der Waals surface area contributed by atoms with Gasteiger partial charge in [0.15, 0.2) is 0 Å². The molecule has 1 aliphatic heterocycles. The van der Waals surface area contributed by atoms with E-state index in [9.17, 15) is 9.59 Å². The van der Waals surface area contributed by atoms with E-state index in [4.69, 9.17) is 5.11 Å². The van der Waals surface area contributed by atoms with E-state index in [1.54, 1.807) is 6.92 Å². The van der Waals surface area contributed by atoms with Gasteiger partial charge in [0.2, 0.25) is 10.3 Å². The number of nitrogens with zero attached hydrogens (tertiary/aromatic N) is 1. The van der Waals surface area contributed by atoms with E-state index in [0.717, 1.165) is 12.8 Å². The molecule has 0 bridgehead atoms. The van der Waals surface area contributed by atoms with Crippen LogP contribution in [0.4, 0.5) is 0 Å². The molecule has 0 aromatic rings. The van der Waals surface area contributed by atoms with Gasteiger partial charge in [-0.15, -0.1) is 0 Å². The van der Waals surface area contributed by atoms with E-state index in [-0.39, 0.29) is 55.0 Å². The van der Waals surface area contributed by atoms with Crippen LogP contribution in [-0.2, 0) is 33.8 Å². The first-order valence-corrected chi connectivity index (χ1v) is 8.10. The first kappa shape index (κ1) is 29.2. The fourth-order valence-corrected chi connectivity index (χ4v) is 2.68. The van der Waals surface area contributed by atoms with Gasteiger partial charge in [-0.2, -0.15) is 4.99 Å². The number of thiocarbonyl (C=S) groups is 1. The van der Waals surface area contributed by atoms with Crippen LogP contribution < -0.4 is 5.32 Å². The van der Waals surface area contributed by atoms with E-state index in [1.807, 2.05) is 20.8 Å². The van der Waals surface area contributed by atoms with Crippen LogP contribution in [0.5, 0.6) is 0 Å². The molecule has 1 aliphatic rings. The zero-order valence-electron chi connectivity index (χ0n) is 14.1. The predicted molar refractivity (Wildman–Crippen MR) is 100 cm³/mol. The smallest absolute Gasteiger partial charge is 0 e. The summed E-state index contributed by atoms with van der Waals surface area (Å²) in [5.41, 5.74) is -1.11. The molecule has 2 unspecified atom stereocenters. The molecular weight excluding hydrogens is 413 g/mol. The van der Waals surface area contributed by atoms with Gasteiger partial charge in [-0.05, 0) is 37.9 Å². The van der Waals surface area contributed by atoms with Crippen LogP contribution in [0, 0.1) is 11.3 Å². The van der Waals surface area contributed by atoms with Crippen LogP contribution >= 0.6 is 24.8 Å². The Hall–Kier alpha value is 0.473. The minimum Gasteiger partial charge on any atom is 0 e. The summed E-state index contributed by atoms with van der Waals surface area (Å²) >= 11 is 8.12. The normalized spacial score (nSPS) is 20.1. The average molecular weight is 438 g/mol. The van der Waals surface area contributed by atoms with Gasteiger partial charge in [0.25, 0.3) is 11.9 Å². The second kappa shape index (κ2) is 14.6. The summed E-state index contributed by atoms with van der Waals surface area (Å²) in [6.07, 6.45) is 2.08. The molecule has 0 aromatic carbocycles. The third-order valence-corrected chi connectivity index (χ3v) is 3.85. The van der Waals surface area contributed by atoms with Gasteiger partial charge < -0.3 is 9.84 Å². The third kappa shape index (κ3) is 8.24. The number of ether oxygens (including phenoxy) is 1. The van der Waals surface area contributed by atoms with E-state index in [1.165, 1.54) is 0 Å². The number of thiol groups is 1. The Morgan fingerprint density at radius 2 is 1.96 bits per heavy atom.